The van der Waals surface area contributed by atoms with Crippen molar-refractivity contribution in [3.63, 3.8) is 0 Å². The summed E-state index contributed by atoms with van der Waals surface area (Å²) in [4.78, 5) is 7.93. The number of hydrogen-bond acceptors (Lipinski definition) is 4. The fraction of sp³-hybridized carbons (Fsp3) is 0.800. The second-order valence-electron chi connectivity index (χ2n) is 12.2. The van der Waals surface area contributed by atoms with Gasteiger partial charge in [-0.05, 0) is 86.8 Å². The molecular formula is C30H52ClN3O. The summed E-state index contributed by atoms with van der Waals surface area (Å²) in [7, 11) is 1.86. The molecule has 3 fully saturated rings. The van der Waals surface area contributed by atoms with E-state index in [-0.39, 0.29) is 12.4 Å². The minimum absolute atomic E-state index is 0. The summed E-state index contributed by atoms with van der Waals surface area (Å²) in [5, 5.41) is 0. The van der Waals surface area contributed by atoms with Crippen LogP contribution in [-0.4, -0.2) is 57.8 Å². The van der Waals surface area contributed by atoms with Crippen molar-refractivity contribution in [1.82, 2.24) is 4.90 Å². The maximum atomic E-state index is 6.03. The van der Waals surface area contributed by atoms with E-state index in [1.807, 2.05) is 7.11 Å². The minimum atomic E-state index is 0. The van der Waals surface area contributed by atoms with Crippen molar-refractivity contribution in [3.05, 3.63) is 17.7 Å². The Balaban J connectivity index is 0.00000342. The first-order valence-electron chi connectivity index (χ1n) is 14.3. The van der Waals surface area contributed by atoms with E-state index in [9.17, 15) is 0 Å². The van der Waals surface area contributed by atoms with E-state index in [1.54, 1.807) is 5.56 Å². The van der Waals surface area contributed by atoms with Crippen LogP contribution in [0.1, 0.15) is 97.0 Å². The monoisotopic (exact) mass is 505 g/mol. The molecule has 0 radical (unpaired) electrons. The van der Waals surface area contributed by atoms with Gasteiger partial charge in [0.1, 0.15) is 5.75 Å². The largest absolute Gasteiger partial charge is 0.495 e. The Hall–Kier alpha value is -1.13. The highest BCUT2D eigenvalue weighted by Crippen LogP contribution is 2.48. The Morgan fingerprint density at radius 3 is 2.03 bits per heavy atom. The third-order valence-corrected chi connectivity index (χ3v) is 8.96. The molecule has 0 bridgehead atoms. The molecule has 35 heavy (non-hydrogen) atoms. The average Bonchev–Trinajstić information content (AvgIpc) is 2.87. The van der Waals surface area contributed by atoms with E-state index in [1.165, 1.54) is 102 Å². The fourth-order valence-electron chi connectivity index (χ4n) is 6.58. The molecule has 0 atom stereocenters. The predicted octanol–water partition coefficient (Wildman–Crippen LogP) is 7.35. The van der Waals surface area contributed by atoms with Crippen LogP contribution in [0.5, 0.6) is 5.75 Å². The summed E-state index contributed by atoms with van der Waals surface area (Å²) >= 11 is 0. The van der Waals surface area contributed by atoms with Crippen molar-refractivity contribution in [2.24, 2.45) is 11.3 Å². The van der Waals surface area contributed by atoms with Gasteiger partial charge in [0.25, 0.3) is 0 Å². The number of methoxy groups -OCH3 is 1. The molecule has 0 spiro atoms. The fourth-order valence-corrected chi connectivity index (χ4v) is 6.58. The summed E-state index contributed by atoms with van der Waals surface area (Å²) in [5.41, 5.74) is 4.85. The maximum absolute atomic E-state index is 6.03. The van der Waals surface area contributed by atoms with E-state index in [0.717, 1.165) is 24.8 Å². The molecule has 1 aromatic rings. The van der Waals surface area contributed by atoms with Crippen molar-refractivity contribution < 1.29 is 4.74 Å². The zero-order chi connectivity index (χ0) is 24.1. The lowest BCUT2D eigenvalue weighted by Gasteiger charge is -2.41. The predicted molar refractivity (Wildman–Crippen MR) is 154 cm³/mol. The summed E-state index contributed by atoms with van der Waals surface area (Å²) in [6.45, 7) is 17.8. The molecule has 1 aliphatic carbocycles. The molecule has 200 valence electrons. The van der Waals surface area contributed by atoms with Crippen LogP contribution in [0.3, 0.4) is 0 Å². The molecule has 2 aliphatic heterocycles. The second-order valence-corrected chi connectivity index (χ2v) is 12.2. The van der Waals surface area contributed by atoms with Gasteiger partial charge < -0.3 is 14.5 Å². The van der Waals surface area contributed by atoms with Gasteiger partial charge in [0, 0.05) is 51.0 Å². The van der Waals surface area contributed by atoms with Crippen LogP contribution in [0.2, 0.25) is 0 Å². The van der Waals surface area contributed by atoms with Crippen molar-refractivity contribution in [2.45, 2.75) is 91.4 Å². The van der Waals surface area contributed by atoms with Crippen LogP contribution >= 0.6 is 12.4 Å². The number of benzene rings is 1. The number of piperidine rings is 1. The molecule has 0 amide bonds. The molecule has 0 N–H and O–H groups in total. The minimum Gasteiger partial charge on any atom is -0.495 e. The molecule has 2 saturated heterocycles. The van der Waals surface area contributed by atoms with Gasteiger partial charge >= 0.3 is 0 Å². The molecule has 2 heterocycles. The van der Waals surface area contributed by atoms with Gasteiger partial charge in [-0.15, -0.1) is 12.4 Å². The summed E-state index contributed by atoms with van der Waals surface area (Å²) in [5.74, 6) is 2.62. The molecule has 4 rings (SSSR count). The van der Waals surface area contributed by atoms with E-state index in [2.05, 4.69) is 54.5 Å². The molecule has 1 aromatic carbocycles. The number of anilines is 2. The number of ether oxygens (including phenoxy) is 1. The number of rotatable bonds is 7. The van der Waals surface area contributed by atoms with E-state index in [4.69, 9.17) is 4.74 Å². The number of piperazine rings is 1. The van der Waals surface area contributed by atoms with Crippen LogP contribution in [0.4, 0.5) is 11.4 Å². The average molecular weight is 506 g/mol. The van der Waals surface area contributed by atoms with Crippen LogP contribution in [0.15, 0.2) is 12.1 Å². The molecule has 4 nitrogen and oxygen atoms in total. The number of nitrogens with zero attached hydrogens (tertiary/aromatic N) is 3. The number of unbranched alkanes of at least 4 members (excludes halogenated alkanes) is 1. The van der Waals surface area contributed by atoms with Gasteiger partial charge in [-0.1, -0.05) is 34.1 Å². The maximum Gasteiger partial charge on any atom is 0.144 e. The quantitative estimate of drug-likeness (QED) is 0.385. The Labute approximate surface area is 222 Å². The third-order valence-electron chi connectivity index (χ3n) is 8.96. The molecule has 5 heteroatoms. The first-order chi connectivity index (χ1) is 16.4. The van der Waals surface area contributed by atoms with Crippen LogP contribution in [-0.2, 0) is 0 Å². The van der Waals surface area contributed by atoms with Gasteiger partial charge in [0.2, 0.25) is 0 Å². The van der Waals surface area contributed by atoms with Crippen LogP contribution in [0, 0.1) is 11.3 Å². The SMILES string of the molecule is CCCCN1CCN(c2cc(OC)c(N3CCCCC3)cc2C2CCC(C(C)(C)C)CC2)CC1.Cl. The van der Waals surface area contributed by atoms with E-state index >= 15 is 0 Å². The standard InChI is InChI=1S/C30H51N3O.ClH/c1-6-7-15-31-18-20-33(21-19-31)27-23-29(34-5)28(32-16-9-8-10-17-32)22-26(27)24-11-13-25(14-12-24)30(2,3)4;/h22-25H,6-21H2,1-5H3;1H. The highest BCUT2D eigenvalue weighted by molar-refractivity contribution is 5.85. The molecule has 1 saturated carbocycles. The zero-order valence-corrected chi connectivity index (χ0v) is 24.1. The lowest BCUT2D eigenvalue weighted by atomic mass is 9.68. The Bertz CT molecular complexity index is 771. The number of hydrogen-bond donors (Lipinski definition) is 0. The van der Waals surface area contributed by atoms with E-state index < -0.39 is 0 Å². The Kier molecular flexibility index (Phi) is 10.5. The number of halogens is 1. The Morgan fingerprint density at radius 1 is 0.829 bits per heavy atom. The van der Waals surface area contributed by atoms with Crippen LogP contribution in [0.25, 0.3) is 0 Å². The van der Waals surface area contributed by atoms with Gasteiger partial charge in [0.15, 0.2) is 0 Å². The van der Waals surface area contributed by atoms with Crippen molar-refractivity contribution in [1.29, 1.82) is 0 Å². The topological polar surface area (TPSA) is 19.0 Å². The van der Waals surface area contributed by atoms with Crippen molar-refractivity contribution in [3.8, 4) is 5.75 Å². The van der Waals surface area contributed by atoms with Gasteiger partial charge in [-0.2, -0.15) is 0 Å². The summed E-state index contributed by atoms with van der Waals surface area (Å²) < 4.78 is 6.03. The van der Waals surface area contributed by atoms with Gasteiger partial charge in [-0.25, -0.2) is 0 Å². The first-order valence-corrected chi connectivity index (χ1v) is 14.3. The third kappa shape index (κ3) is 7.01. The van der Waals surface area contributed by atoms with Gasteiger partial charge in [-0.3, -0.25) is 4.90 Å². The Morgan fingerprint density at radius 2 is 1.46 bits per heavy atom. The van der Waals surface area contributed by atoms with Gasteiger partial charge in [0.05, 0.1) is 12.8 Å². The summed E-state index contributed by atoms with van der Waals surface area (Å²) in [6, 6.07) is 4.97. The van der Waals surface area contributed by atoms with Crippen molar-refractivity contribution in [2.75, 3.05) is 62.7 Å². The lowest BCUT2D eigenvalue weighted by Crippen LogP contribution is -2.47. The zero-order valence-electron chi connectivity index (χ0n) is 23.3. The molecular weight excluding hydrogens is 454 g/mol. The molecule has 3 aliphatic rings. The highest BCUT2D eigenvalue weighted by Gasteiger charge is 2.33. The van der Waals surface area contributed by atoms with Crippen LogP contribution < -0.4 is 14.5 Å². The second kappa shape index (κ2) is 12.9. The van der Waals surface area contributed by atoms with Crippen molar-refractivity contribution >= 4 is 23.8 Å². The highest BCUT2D eigenvalue weighted by atomic mass is 35.5. The molecule has 0 unspecified atom stereocenters. The molecule has 0 aromatic heterocycles. The normalized spacial score (nSPS) is 24.3. The lowest BCUT2D eigenvalue weighted by molar-refractivity contribution is 0.169. The summed E-state index contributed by atoms with van der Waals surface area (Å²) in [6.07, 6.45) is 12.0. The van der Waals surface area contributed by atoms with E-state index in [0.29, 0.717) is 11.3 Å². The smallest absolute Gasteiger partial charge is 0.144 e. The first kappa shape index (κ1) is 28.4.